The molecule has 0 aromatic rings. The summed E-state index contributed by atoms with van der Waals surface area (Å²) in [6.07, 6.45) is 8.41. The summed E-state index contributed by atoms with van der Waals surface area (Å²) in [7, 11) is 2.42. The van der Waals surface area contributed by atoms with Crippen LogP contribution in [0.5, 0.6) is 0 Å². The Balaban J connectivity index is 3.47. The second-order valence-electron chi connectivity index (χ2n) is 4.89. The highest BCUT2D eigenvalue weighted by atomic mass is 28.2. The number of unbranched alkanes of at least 4 members (excludes halogenated alkanes) is 2. The molecule has 0 amide bonds. The molecule has 0 N–H and O–H groups in total. The summed E-state index contributed by atoms with van der Waals surface area (Å²) in [5.74, 6) is 0.957. The zero-order chi connectivity index (χ0) is 11.5. The van der Waals surface area contributed by atoms with Crippen LogP contribution >= 0.6 is 0 Å². The third-order valence-electron chi connectivity index (χ3n) is 3.24. The Bertz CT molecular complexity index is 128. The van der Waals surface area contributed by atoms with E-state index in [9.17, 15) is 0 Å². The van der Waals surface area contributed by atoms with Crippen molar-refractivity contribution in [1.82, 2.24) is 4.57 Å². The average molecular weight is 229 g/mol. The summed E-state index contributed by atoms with van der Waals surface area (Å²) in [5, 5.41) is 0. The van der Waals surface area contributed by atoms with Crippen LogP contribution in [0.25, 0.3) is 0 Å². The summed E-state index contributed by atoms with van der Waals surface area (Å²) in [4.78, 5) is 0. The van der Waals surface area contributed by atoms with Gasteiger partial charge >= 0.3 is 0 Å². The van der Waals surface area contributed by atoms with Crippen molar-refractivity contribution in [3.8, 4) is 0 Å². The van der Waals surface area contributed by atoms with Crippen LogP contribution in [0.3, 0.4) is 0 Å². The Morgan fingerprint density at radius 3 is 2.33 bits per heavy atom. The fraction of sp³-hybridized carbons (Fsp3) is 1.00. The van der Waals surface area contributed by atoms with Crippen LogP contribution in [0.15, 0.2) is 0 Å². The van der Waals surface area contributed by atoms with E-state index >= 15 is 0 Å². The summed E-state index contributed by atoms with van der Waals surface area (Å²) in [6.45, 7) is 8.30. The predicted molar refractivity (Wildman–Crippen MR) is 74.2 cm³/mol. The minimum atomic E-state index is 0.0796. The van der Waals surface area contributed by atoms with Gasteiger partial charge in [0.05, 0.1) is 9.68 Å². The van der Waals surface area contributed by atoms with Crippen LogP contribution in [0, 0.1) is 5.92 Å². The van der Waals surface area contributed by atoms with Crippen molar-refractivity contribution in [3.63, 3.8) is 0 Å². The van der Waals surface area contributed by atoms with Gasteiger partial charge in [-0.3, -0.25) is 0 Å². The van der Waals surface area contributed by atoms with Crippen molar-refractivity contribution in [2.75, 3.05) is 13.6 Å². The molecule has 0 spiro atoms. The molecular weight excluding hydrogens is 198 g/mol. The smallest absolute Gasteiger partial charge is 0.0947 e. The number of hydrogen-bond donors (Lipinski definition) is 0. The molecule has 0 aliphatic rings. The van der Waals surface area contributed by atoms with Crippen LogP contribution < -0.4 is 0 Å². The molecule has 0 heterocycles. The highest BCUT2D eigenvalue weighted by Crippen LogP contribution is 2.12. The third-order valence-corrected chi connectivity index (χ3v) is 5.08. The highest BCUT2D eigenvalue weighted by Gasteiger charge is 2.08. The van der Waals surface area contributed by atoms with Gasteiger partial charge in [-0.2, -0.15) is 0 Å². The molecule has 0 aromatic heterocycles. The SMILES string of the molecule is CCCCC[SiH2]N(C)CC(CC)CCC. The summed E-state index contributed by atoms with van der Waals surface area (Å²) in [6, 6.07) is 1.52. The van der Waals surface area contributed by atoms with E-state index in [4.69, 9.17) is 0 Å². The molecule has 0 bridgehead atoms. The summed E-state index contributed by atoms with van der Waals surface area (Å²) >= 11 is 0. The van der Waals surface area contributed by atoms with Gasteiger partial charge in [0.25, 0.3) is 0 Å². The molecule has 2 heteroatoms. The van der Waals surface area contributed by atoms with Crippen LogP contribution in [0.2, 0.25) is 6.04 Å². The van der Waals surface area contributed by atoms with E-state index < -0.39 is 0 Å². The maximum absolute atomic E-state index is 2.67. The lowest BCUT2D eigenvalue weighted by Crippen LogP contribution is -2.28. The summed E-state index contributed by atoms with van der Waals surface area (Å²) in [5.41, 5.74) is 0. The molecule has 1 nitrogen and oxygen atoms in total. The predicted octanol–water partition coefficient (Wildman–Crippen LogP) is 3.44. The average Bonchev–Trinajstić information content (AvgIpc) is 2.24. The first-order valence-corrected chi connectivity index (χ1v) is 8.56. The maximum atomic E-state index is 2.67. The molecule has 0 aliphatic heterocycles. The van der Waals surface area contributed by atoms with Gasteiger partial charge in [0, 0.05) is 0 Å². The quantitative estimate of drug-likeness (QED) is 0.410. The van der Waals surface area contributed by atoms with Crippen molar-refractivity contribution in [2.45, 2.75) is 65.3 Å². The van der Waals surface area contributed by atoms with Gasteiger partial charge in [0.15, 0.2) is 0 Å². The molecule has 15 heavy (non-hydrogen) atoms. The van der Waals surface area contributed by atoms with E-state index in [0.717, 1.165) is 5.92 Å². The van der Waals surface area contributed by atoms with Crippen LogP contribution in [0.1, 0.15) is 59.3 Å². The second kappa shape index (κ2) is 10.7. The largest absolute Gasteiger partial charge is 0.331 e. The third kappa shape index (κ3) is 9.13. The number of rotatable bonds is 10. The van der Waals surface area contributed by atoms with Gasteiger partial charge in [-0.05, 0) is 32.0 Å². The minimum Gasteiger partial charge on any atom is -0.331 e. The van der Waals surface area contributed by atoms with E-state index in [2.05, 4.69) is 32.4 Å². The van der Waals surface area contributed by atoms with Crippen molar-refractivity contribution < 1.29 is 0 Å². The molecule has 1 atom stereocenters. The zero-order valence-corrected chi connectivity index (χ0v) is 12.8. The van der Waals surface area contributed by atoms with E-state index in [1.165, 1.54) is 51.1 Å². The fourth-order valence-corrected chi connectivity index (χ4v) is 3.84. The van der Waals surface area contributed by atoms with E-state index in [-0.39, 0.29) is 9.68 Å². The Kier molecular flexibility index (Phi) is 10.8. The van der Waals surface area contributed by atoms with Gasteiger partial charge in [0.1, 0.15) is 0 Å². The van der Waals surface area contributed by atoms with Crippen molar-refractivity contribution in [2.24, 2.45) is 5.92 Å². The molecule has 0 fully saturated rings. The van der Waals surface area contributed by atoms with Gasteiger partial charge < -0.3 is 4.57 Å². The molecule has 1 unspecified atom stereocenters. The minimum absolute atomic E-state index is 0.0796. The first-order chi connectivity index (χ1) is 7.24. The van der Waals surface area contributed by atoms with E-state index in [0.29, 0.717) is 0 Å². The maximum Gasteiger partial charge on any atom is 0.0947 e. The van der Waals surface area contributed by atoms with Gasteiger partial charge in [0.2, 0.25) is 0 Å². The Hall–Kier alpha value is 0.177. The molecule has 92 valence electrons. The van der Waals surface area contributed by atoms with Crippen LogP contribution in [-0.4, -0.2) is 27.8 Å². The molecule has 0 radical (unpaired) electrons. The lowest BCUT2D eigenvalue weighted by atomic mass is 10.0. The Morgan fingerprint density at radius 2 is 1.80 bits per heavy atom. The molecule has 0 saturated heterocycles. The molecular formula is C13H31NSi. The second-order valence-corrected chi connectivity index (χ2v) is 7.12. The standard InChI is InChI=1S/C13H31NSi/c1-5-8-9-11-15-14(4)12-13(7-3)10-6-2/h13H,5-12,15H2,1-4H3. The van der Waals surface area contributed by atoms with E-state index in [1.807, 2.05) is 0 Å². The van der Waals surface area contributed by atoms with Gasteiger partial charge in [-0.1, -0.05) is 52.9 Å². The Morgan fingerprint density at radius 1 is 1.07 bits per heavy atom. The fourth-order valence-electron chi connectivity index (χ4n) is 2.17. The van der Waals surface area contributed by atoms with Crippen molar-refractivity contribution >= 4 is 9.68 Å². The van der Waals surface area contributed by atoms with Crippen LogP contribution in [0.4, 0.5) is 0 Å². The van der Waals surface area contributed by atoms with Crippen molar-refractivity contribution in [3.05, 3.63) is 0 Å². The lowest BCUT2D eigenvalue weighted by Gasteiger charge is -2.22. The van der Waals surface area contributed by atoms with E-state index in [1.54, 1.807) is 0 Å². The zero-order valence-electron chi connectivity index (χ0n) is 11.4. The monoisotopic (exact) mass is 229 g/mol. The topological polar surface area (TPSA) is 3.24 Å². The molecule has 0 aliphatic carbocycles. The number of nitrogens with zero attached hydrogens (tertiary/aromatic N) is 1. The first kappa shape index (κ1) is 15.2. The highest BCUT2D eigenvalue weighted by molar-refractivity contribution is 6.31. The molecule has 0 rings (SSSR count). The molecule has 0 aromatic carbocycles. The normalized spacial score (nSPS) is 14.2. The van der Waals surface area contributed by atoms with Gasteiger partial charge in [-0.25, -0.2) is 0 Å². The van der Waals surface area contributed by atoms with Crippen molar-refractivity contribution in [1.29, 1.82) is 0 Å². The lowest BCUT2D eigenvalue weighted by molar-refractivity contribution is 0.364. The summed E-state index contributed by atoms with van der Waals surface area (Å²) < 4.78 is 2.67. The number of hydrogen-bond acceptors (Lipinski definition) is 1. The van der Waals surface area contributed by atoms with Crippen LogP contribution in [-0.2, 0) is 0 Å². The molecule has 0 saturated carbocycles. The van der Waals surface area contributed by atoms with Gasteiger partial charge in [-0.15, -0.1) is 0 Å². The first-order valence-electron chi connectivity index (χ1n) is 6.93. The Labute approximate surface area is 99.5 Å².